The molecule has 0 saturated carbocycles. The van der Waals surface area contributed by atoms with E-state index < -0.39 is 0 Å². The minimum absolute atomic E-state index is 0.0766. The molecule has 0 radical (unpaired) electrons. The molecule has 20 aromatic rings. The molecule has 0 aromatic heterocycles. The van der Waals surface area contributed by atoms with E-state index in [0.717, 1.165) is 95.1 Å². The Morgan fingerprint density at radius 3 is 1.08 bits per heavy atom. The predicted molar refractivity (Wildman–Crippen MR) is 518 cm³/mol. The van der Waals surface area contributed by atoms with Crippen LogP contribution in [-0.2, 0) is 10.8 Å². The van der Waals surface area contributed by atoms with Crippen molar-refractivity contribution >= 4 is 66.4 Å². The lowest BCUT2D eigenvalue weighted by atomic mass is 9.81. The Balaban J connectivity index is 0.656. The molecule has 0 N–H and O–H groups in total. The third kappa shape index (κ3) is 12.6. The lowest BCUT2D eigenvalue weighted by molar-refractivity contribution is 0.660. The Bertz CT molecular complexity index is 7460. The summed E-state index contributed by atoms with van der Waals surface area (Å²) in [6.07, 6.45) is 0. The zero-order chi connectivity index (χ0) is 81.6. The topological polar surface area (TPSA) is 6.48 Å². The van der Waals surface area contributed by atoms with E-state index in [1.165, 1.54) is 127 Å². The summed E-state index contributed by atoms with van der Waals surface area (Å²) in [5.41, 5.74) is 40.0. The molecule has 122 heavy (non-hydrogen) atoms. The molecule has 0 aliphatic heterocycles. The van der Waals surface area contributed by atoms with Gasteiger partial charge in [-0.3, -0.25) is 0 Å². The molecule has 2 heteroatoms. The van der Waals surface area contributed by atoms with Crippen LogP contribution >= 0.6 is 0 Å². The predicted octanol–water partition coefficient (Wildman–Crippen LogP) is 33.4. The van der Waals surface area contributed by atoms with E-state index >= 15 is 0 Å². The first kappa shape index (κ1) is 73.2. The van der Waals surface area contributed by atoms with E-state index in [2.05, 4.69) is 486 Å². The van der Waals surface area contributed by atoms with Gasteiger partial charge in [-0.1, -0.05) is 392 Å². The highest BCUT2D eigenvalue weighted by Gasteiger charge is 2.38. The molecule has 576 valence electrons. The first-order valence-electron chi connectivity index (χ1n) is 42.6. The average molecular weight is 1560 g/mol. The van der Waals surface area contributed by atoms with E-state index in [0.29, 0.717) is 0 Å². The second-order valence-electron chi connectivity index (χ2n) is 33.7. The molecule has 22 rings (SSSR count). The van der Waals surface area contributed by atoms with Crippen LogP contribution in [0.15, 0.2) is 449 Å². The Morgan fingerprint density at radius 1 is 0.156 bits per heavy atom. The summed E-state index contributed by atoms with van der Waals surface area (Å²) in [7, 11) is 0. The van der Waals surface area contributed by atoms with Gasteiger partial charge in [-0.05, 0) is 262 Å². The molecule has 0 bridgehead atoms. The monoisotopic (exact) mass is 1550 g/mol. The van der Waals surface area contributed by atoms with Crippen molar-refractivity contribution in [2.24, 2.45) is 0 Å². The van der Waals surface area contributed by atoms with Crippen LogP contribution in [0.25, 0.3) is 166 Å². The first-order valence-corrected chi connectivity index (χ1v) is 42.6. The summed E-state index contributed by atoms with van der Waals surface area (Å²) in [6, 6.07) is 167. The number of hydrogen-bond donors (Lipinski definition) is 0. The molecule has 2 aliphatic rings. The average Bonchev–Trinajstić information content (AvgIpc) is 1.52. The van der Waals surface area contributed by atoms with Crippen molar-refractivity contribution in [2.75, 3.05) is 9.80 Å². The van der Waals surface area contributed by atoms with Gasteiger partial charge in [0.2, 0.25) is 0 Å². The maximum Gasteiger partial charge on any atom is 0.0546 e. The summed E-state index contributed by atoms with van der Waals surface area (Å²) in [5.74, 6) is 0. The molecule has 0 atom stereocenters. The van der Waals surface area contributed by atoms with Gasteiger partial charge in [-0.25, -0.2) is 0 Å². The molecular weight excluding hydrogens is 1470 g/mol. The number of hydrogen-bond acceptors (Lipinski definition) is 2. The molecule has 0 fully saturated rings. The third-order valence-corrected chi connectivity index (χ3v) is 26.1. The second-order valence-corrected chi connectivity index (χ2v) is 33.7. The van der Waals surface area contributed by atoms with Crippen LogP contribution in [0.3, 0.4) is 0 Å². The summed E-state index contributed by atoms with van der Waals surface area (Å²) in [4.78, 5) is 5.00. The van der Waals surface area contributed by atoms with Crippen molar-refractivity contribution in [1.82, 2.24) is 0 Å². The summed E-state index contributed by atoms with van der Waals surface area (Å²) in [6.45, 7) is 9.54. The molecule has 0 spiro atoms. The van der Waals surface area contributed by atoms with Gasteiger partial charge in [0, 0.05) is 44.7 Å². The minimum Gasteiger partial charge on any atom is -0.310 e. The number of benzene rings is 20. The normalized spacial score (nSPS) is 12.7. The van der Waals surface area contributed by atoms with E-state index in [9.17, 15) is 0 Å². The summed E-state index contributed by atoms with van der Waals surface area (Å²) < 4.78 is 0. The molecule has 20 aromatic carbocycles. The van der Waals surface area contributed by atoms with Gasteiger partial charge in [-0.2, -0.15) is 0 Å². The SMILES string of the molecule is CC1(C)c2ccccc2-c2cc(-c3ccc(N(c4ccc5c(c4)cc(-c4ccc6c(c4)C(C)(C)c4ccc(-c7ccc(N(c8cccc(-c9cccc%10ccccc9%10)c8)c8cccc(-c9ccccc9)c8-c8ccccc8-c8ccccc8)cc7)cc4-6)c4ccccc45)c4cccc(-c5ccccc5)c4-c4ccccc4-c4ccccc4)cc3)ccc21. The molecule has 0 heterocycles. The van der Waals surface area contributed by atoms with E-state index in [1.54, 1.807) is 0 Å². The van der Waals surface area contributed by atoms with Gasteiger partial charge in [0.05, 0.1) is 11.4 Å². The van der Waals surface area contributed by atoms with Gasteiger partial charge < -0.3 is 9.80 Å². The maximum absolute atomic E-state index is 2.51. The Labute approximate surface area is 714 Å². The van der Waals surface area contributed by atoms with Crippen LogP contribution in [0, 0.1) is 0 Å². The van der Waals surface area contributed by atoms with E-state index in [-0.39, 0.29) is 10.8 Å². The molecule has 2 aliphatic carbocycles. The molecule has 0 saturated heterocycles. The molecule has 2 nitrogen and oxygen atoms in total. The number of nitrogens with zero attached hydrogens (tertiary/aromatic N) is 2. The van der Waals surface area contributed by atoms with Crippen LogP contribution < -0.4 is 9.80 Å². The van der Waals surface area contributed by atoms with Crippen molar-refractivity contribution in [2.45, 2.75) is 38.5 Å². The van der Waals surface area contributed by atoms with Gasteiger partial charge >= 0.3 is 0 Å². The maximum atomic E-state index is 2.51. The standard InChI is InChI=1S/C120H86N2/c1-119(2)111-54-26-25-48-104(111)109-75-86(62-71-112(109)119)79-59-66-92(67-60-79)122(116-56-30-53-101(85-37-15-8-16-38-85)118(116)107-50-24-20-45-97(107)82-33-11-6-12-34-82)94-68-70-99-90(74-94)77-108(103-47-22-21-46-102(99)103)89-61-69-105-110-76-87(63-72-113(110)120(3,4)114(105)78-89)80-57-64-91(65-58-80)121(93-42-27-41-88(73-93)98-51-28-40-83-39-17-18-43-95(83)98)115-55-29-52-100(84-35-13-7-14-36-84)117(115)106-49-23-19-44-96(106)81-31-9-5-10-32-81/h5-78H,1-4H3. The zero-order valence-electron chi connectivity index (χ0n) is 68.6. The van der Waals surface area contributed by atoms with Crippen LogP contribution in [0.2, 0.25) is 0 Å². The highest BCUT2D eigenvalue weighted by molar-refractivity contribution is 6.15. The van der Waals surface area contributed by atoms with Crippen molar-refractivity contribution in [3.63, 3.8) is 0 Å². The smallest absolute Gasteiger partial charge is 0.0546 e. The summed E-state index contributed by atoms with van der Waals surface area (Å²) >= 11 is 0. The quantitative estimate of drug-likeness (QED) is 0.0890. The van der Waals surface area contributed by atoms with Crippen LogP contribution in [0.5, 0.6) is 0 Å². The lowest BCUT2D eigenvalue weighted by Gasteiger charge is -2.30. The van der Waals surface area contributed by atoms with Gasteiger partial charge in [0.25, 0.3) is 0 Å². The largest absolute Gasteiger partial charge is 0.310 e. The van der Waals surface area contributed by atoms with Gasteiger partial charge in [0.1, 0.15) is 0 Å². The first-order chi connectivity index (χ1) is 60.0. The van der Waals surface area contributed by atoms with Crippen LogP contribution in [-0.4, -0.2) is 0 Å². The summed E-state index contributed by atoms with van der Waals surface area (Å²) in [5, 5.41) is 7.25. The third-order valence-electron chi connectivity index (χ3n) is 26.1. The van der Waals surface area contributed by atoms with E-state index in [1.807, 2.05) is 0 Å². The fraction of sp³-hybridized carbons (Fsp3) is 0.0500. The number of fused-ring (bicyclic) bond motifs is 10. The van der Waals surface area contributed by atoms with Crippen molar-refractivity contribution in [3.05, 3.63) is 471 Å². The Hall–Kier alpha value is -15.2. The number of rotatable bonds is 16. The number of anilines is 6. The Morgan fingerprint density at radius 2 is 0.525 bits per heavy atom. The van der Waals surface area contributed by atoms with Crippen molar-refractivity contribution in [1.29, 1.82) is 0 Å². The van der Waals surface area contributed by atoms with Crippen LogP contribution in [0.1, 0.15) is 49.9 Å². The zero-order valence-corrected chi connectivity index (χ0v) is 68.6. The van der Waals surface area contributed by atoms with Crippen molar-refractivity contribution < 1.29 is 0 Å². The van der Waals surface area contributed by atoms with E-state index in [4.69, 9.17) is 0 Å². The molecule has 0 unspecified atom stereocenters. The highest BCUT2D eigenvalue weighted by atomic mass is 15.2. The fourth-order valence-electron chi connectivity index (χ4n) is 20.1. The highest BCUT2D eigenvalue weighted by Crippen LogP contribution is 2.56. The van der Waals surface area contributed by atoms with Crippen LogP contribution in [0.4, 0.5) is 34.1 Å². The minimum atomic E-state index is -0.293. The van der Waals surface area contributed by atoms with Crippen molar-refractivity contribution in [3.8, 4) is 134 Å². The second kappa shape index (κ2) is 30.0. The lowest BCUT2D eigenvalue weighted by Crippen LogP contribution is -2.15. The fourth-order valence-corrected chi connectivity index (χ4v) is 20.1. The van der Waals surface area contributed by atoms with Gasteiger partial charge in [-0.15, -0.1) is 0 Å². The molecular formula is C120H86N2. The van der Waals surface area contributed by atoms with Gasteiger partial charge in [0.15, 0.2) is 0 Å². The Kier molecular flexibility index (Phi) is 18.0. The molecule has 0 amide bonds.